The third-order valence-electron chi connectivity index (χ3n) is 3.75. The van der Waals surface area contributed by atoms with Gasteiger partial charge in [-0.25, -0.2) is 4.79 Å². The maximum atomic E-state index is 12.0. The van der Waals surface area contributed by atoms with Crippen molar-refractivity contribution >= 4 is 40.1 Å². The van der Waals surface area contributed by atoms with Crippen LogP contribution in [0, 0.1) is 13.7 Å². The quantitative estimate of drug-likeness (QED) is 0.423. The summed E-state index contributed by atoms with van der Waals surface area (Å²) < 4.78 is 6.02. The SMILES string of the molecule is CN1CCN(c2cc(OC(=O)NC(C)(C)C)c([N+](=O)[O-])cc2I)CC1. The Bertz CT molecular complexity index is 667. The van der Waals surface area contributed by atoms with E-state index in [9.17, 15) is 14.9 Å². The van der Waals surface area contributed by atoms with Crippen LogP contribution in [0.1, 0.15) is 20.8 Å². The first-order valence-electron chi connectivity index (χ1n) is 7.98. The number of nitro benzene ring substituents is 1. The van der Waals surface area contributed by atoms with Gasteiger partial charge in [-0.3, -0.25) is 10.1 Å². The van der Waals surface area contributed by atoms with Crippen molar-refractivity contribution in [3.63, 3.8) is 0 Å². The molecule has 1 heterocycles. The van der Waals surface area contributed by atoms with E-state index in [2.05, 4.69) is 44.8 Å². The number of rotatable bonds is 3. The predicted octanol–water partition coefficient (Wildman–Crippen LogP) is 2.84. The number of piperazine rings is 1. The molecule has 0 bridgehead atoms. The number of hydrogen-bond donors (Lipinski definition) is 1. The van der Waals surface area contributed by atoms with Crippen molar-refractivity contribution in [2.45, 2.75) is 26.3 Å². The number of ether oxygens (including phenoxy) is 1. The lowest BCUT2D eigenvalue weighted by molar-refractivity contribution is -0.385. The molecule has 1 aliphatic rings. The Kier molecular flexibility index (Phi) is 6.09. The van der Waals surface area contributed by atoms with Gasteiger partial charge in [-0.2, -0.15) is 0 Å². The normalized spacial score (nSPS) is 15.8. The summed E-state index contributed by atoms with van der Waals surface area (Å²) >= 11 is 2.08. The molecule has 1 saturated heterocycles. The van der Waals surface area contributed by atoms with Gasteiger partial charge < -0.3 is 19.9 Å². The van der Waals surface area contributed by atoms with Crippen molar-refractivity contribution in [1.82, 2.24) is 10.2 Å². The van der Waals surface area contributed by atoms with E-state index in [1.165, 1.54) is 6.07 Å². The van der Waals surface area contributed by atoms with Gasteiger partial charge in [0.05, 0.1) is 10.6 Å². The van der Waals surface area contributed by atoms with Crippen LogP contribution in [0.4, 0.5) is 16.2 Å². The molecular weight excluding hydrogens is 439 g/mol. The summed E-state index contributed by atoms with van der Waals surface area (Å²) in [6.45, 7) is 8.89. The van der Waals surface area contributed by atoms with Gasteiger partial charge in [0, 0.05) is 47.4 Å². The third-order valence-corrected chi connectivity index (χ3v) is 4.61. The maximum Gasteiger partial charge on any atom is 0.413 e. The highest BCUT2D eigenvalue weighted by molar-refractivity contribution is 14.1. The Labute approximate surface area is 160 Å². The molecule has 0 spiro atoms. The molecule has 138 valence electrons. The molecule has 9 heteroatoms. The number of carbonyl (C=O) groups is 1. The van der Waals surface area contributed by atoms with Crippen LogP contribution in [0.5, 0.6) is 5.75 Å². The molecule has 1 aromatic rings. The van der Waals surface area contributed by atoms with Gasteiger partial charge in [0.25, 0.3) is 0 Å². The molecule has 0 radical (unpaired) electrons. The van der Waals surface area contributed by atoms with Gasteiger partial charge in [0.2, 0.25) is 5.75 Å². The lowest BCUT2D eigenvalue weighted by Gasteiger charge is -2.34. The molecule has 1 N–H and O–H groups in total. The van der Waals surface area contributed by atoms with Crippen LogP contribution in [0.2, 0.25) is 0 Å². The molecule has 1 amide bonds. The Morgan fingerprint density at radius 3 is 2.40 bits per heavy atom. The van der Waals surface area contributed by atoms with E-state index in [0.29, 0.717) is 0 Å². The second-order valence-corrected chi connectivity index (χ2v) is 8.25. The van der Waals surface area contributed by atoms with Crippen LogP contribution in [-0.4, -0.2) is 54.7 Å². The zero-order valence-corrected chi connectivity index (χ0v) is 17.0. The third kappa shape index (κ3) is 5.43. The second-order valence-electron chi connectivity index (χ2n) is 7.08. The number of benzene rings is 1. The summed E-state index contributed by atoms with van der Waals surface area (Å²) in [5.74, 6) is -0.0407. The average molecular weight is 462 g/mol. The number of hydrogen-bond acceptors (Lipinski definition) is 6. The summed E-state index contributed by atoms with van der Waals surface area (Å²) in [5.41, 5.74) is 0.138. The predicted molar refractivity (Wildman–Crippen MR) is 104 cm³/mol. The minimum Gasteiger partial charge on any atom is -0.403 e. The molecule has 1 aromatic carbocycles. The highest BCUT2D eigenvalue weighted by atomic mass is 127. The van der Waals surface area contributed by atoms with E-state index >= 15 is 0 Å². The smallest absolute Gasteiger partial charge is 0.403 e. The van der Waals surface area contributed by atoms with E-state index < -0.39 is 16.6 Å². The summed E-state index contributed by atoms with van der Waals surface area (Å²) in [6, 6.07) is 3.04. The summed E-state index contributed by atoms with van der Waals surface area (Å²) in [4.78, 5) is 27.2. The molecule has 8 nitrogen and oxygen atoms in total. The molecule has 0 unspecified atom stereocenters. The number of nitro groups is 1. The van der Waals surface area contributed by atoms with E-state index in [1.807, 2.05) is 20.8 Å². The monoisotopic (exact) mass is 462 g/mol. The molecule has 1 fully saturated rings. The molecule has 0 atom stereocenters. The first-order chi connectivity index (χ1) is 11.6. The Morgan fingerprint density at radius 1 is 1.28 bits per heavy atom. The standard InChI is InChI=1S/C16H23IN4O4/c1-16(2,3)18-15(22)25-14-10-12(11(17)9-13(14)21(23)24)20-7-5-19(4)6-8-20/h9-10H,5-8H2,1-4H3,(H,18,22). The molecular formula is C16H23IN4O4. The van der Waals surface area contributed by atoms with E-state index in [-0.39, 0.29) is 11.4 Å². The Morgan fingerprint density at radius 2 is 1.88 bits per heavy atom. The van der Waals surface area contributed by atoms with Gasteiger partial charge in [0.1, 0.15) is 0 Å². The van der Waals surface area contributed by atoms with Crippen LogP contribution >= 0.6 is 22.6 Å². The van der Waals surface area contributed by atoms with Gasteiger partial charge in [-0.05, 0) is 50.4 Å². The molecule has 0 aliphatic carbocycles. The number of carbonyl (C=O) groups excluding carboxylic acids is 1. The maximum absolute atomic E-state index is 12.0. The fourth-order valence-electron chi connectivity index (χ4n) is 2.48. The van der Waals surface area contributed by atoms with Gasteiger partial charge in [0.15, 0.2) is 0 Å². The number of likely N-dealkylation sites (N-methyl/N-ethyl adjacent to an activating group) is 1. The largest absolute Gasteiger partial charge is 0.413 e. The van der Waals surface area contributed by atoms with Crippen LogP contribution in [-0.2, 0) is 0 Å². The zero-order valence-electron chi connectivity index (χ0n) is 14.8. The van der Waals surface area contributed by atoms with Crippen molar-refractivity contribution in [3.8, 4) is 5.75 Å². The molecule has 25 heavy (non-hydrogen) atoms. The van der Waals surface area contributed by atoms with Crippen molar-refractivity contribution in [3.05, 3.63) is 25.8 Å². The van der Waals surface area contributed by atoms with E-state index in [1.54, 1.807) is 6.07 Å². The number of anilines is 1. The molecule has 2 rings (SSSR count). The molecule has 0 saturated carbocycles. The van der Waals surface area contributed by atoms with Crippen LogP contribution < -0.4 is 15.0 Å². The van der Waals surface area contributed by atoms with Gasteiger partial charge in [-0.1, -0.05) is 0 Å². The number of halogens is 1. The summed E-state index contributed by atoms with van der Waals surface area (Å²) in [5, 5.41) is 14.0. The fraction of sp³-hybridized carbons (Fsp3) is 0.562. The lowest BCUT2D eigenvalue weighted by Crippen LogP contribution is -2.44. The lowest BCUT2D eigenvalue weighted by atomic mass is 10.1. The molecule has 1 aliphatic heterocycles. The van der Waals surface area contributed by atoms with E-state index in [4.69, 9.17) is 4.74 Å². The number of nitrogens with one attached hydrogen (secondary N) is 1. The number of amides is 1. The van der Waals surface area contributed by atoms with Crippen LogP contribution in [0.25, 0.3) is 0 Å². The topological polar surface area (TPSA) is 88.0 Å². The zero-order chi connectivity index (χ0) is 18.8. The van der Waals surface area contributed by atoms with Crippen molar-refractivity contribution in [2.24, 2.45) is 0 Å². The first-order valence-corrected chi connectivity index (χ1v) is 9.06. The highest BCUT2D eigenvalue weighted by Crippen LogP contribution is 2.36. The average Bonchev–Trinajstić information content (AvgIpc) is 2.47. The van der Waals surface area contributed by atoms with Gasteiger partial charge in [-0.15, -0.1) is 0 Å². The minimum absolute atomic E-state index is 0.0407. The summed E-state index contributed by atoms with van der Waals surface area (Å²) in [7, 11) is 2.06. The van der Waals surface area contributed by atoms with Crippen LogP contribution in [0.3, 0.4) is 0 Å². The van der Waals surface area contributed by atoms with Crippen LogP contribution in [0.15, 0.2) is 12.1 Å². The van der Waals surface area contributed by atoms with Crippen molar-refractivity contribution < 1.29 is 14.5 Å². The summed E-state index contributed by atoms with van der Waals surface area (Å²) in [6.07, 6.45) is -0.707. The second kappa shape index (κ2) is 7.73. The molecule has 0 aromatic heterocycles. The minimum atomic E-state index is -0.707. The Hall–Kier alpha value is -1.62. The van der Waals surface area contributed by atoms with Crippen molar-refractivity contribution in [2.75, 3.05) is 38.1 Å². The number of nitrogens with zero attached hydrogens (tertiary/aromatic N) is 3. The first kappa shape index (κ1) is 19.7. The fourth-order valence-corrected chi connectivity index (χ4v) is 3.27. The van der Waals surface area contributed by atoms with Gasteiger partial charge >= 0.3 is 11.8 Å². The van der Waals surface area contributed by atoms with Crippen molar-refractivity contribution in [1.29, 1.82) is 0 Å². The Balaban J connectivity index is 2.31. The van der Waals surface area contributed by atoms with E-state index in [0.717, 1.165) is 35.4 Å². The highest BCUT2D eigenvalue weighted by Gasteiger charge is 2.26.